The summed E-state index contributed by atoms with van der Waals surface area (Å²) < 4.78 is 7.32. The van der Waals surface area contributed by atoms with Gasteiger partial charge >= 0.3 is 0 Å². The van der Waals surface area contributed by atoms with Crippen LogP contribution in [0.15, 0.2) is 59.5 Å². The van der Waals surface area contributed by atoms with Gasteiger partial charge < -0.3 is 15.0 Å². The summed E-state index contributed by atoms with van der Waals surface area (Å²) in [6.07, 6.45) is 2.53. The molecule has 1 aromatic heterocycles. The third kappa shape index (κ3) is 3.66. The Morgan fingerprint density at radius 2 is 2.00 bits per heavy atom. The van der Waals surface area contributed by atoms with Gasteiger partial charge in [-0.25, -0.2) is 0 Å². The van der Waals surface area contributed by atoms with Crippen molar-refractivity contribution < 1.29 is 4.74 Å². The Balaban J connectivity index is 1.65. The van der Waals surface area contributed by atoms with Crippen molar-refractivity contribution >= 4 is 28.1 Å². The first-order valence-electron chi connectivity index (χ1n) is 7.40. The summed E-state index contributed by atoms with van der Waals surface area (Å²) in [6.45, 7) is 1.10. The fourth-order valence-corrected chi connectivity index (χ4v) is 2.63. The van der Waals surface area contributed by atoms with Crippen LogP contribution in [0, 0.1) is 0 Å². The lowest BCUT2D eigenvalue weighted by molar-refractivity contribution is 0.301. The van der Waals surface area contributed by atoms with Gasteiger partial charge in [-0.3, -0.25) is 4.79 Å². The molecule has 0 unspecified atom stereocenters. The topological polar surface area (TPSA) is 57.2 Å². The molecule has 118 valence electrons. The van der Waals surface area contributed by atoms with Crippen molar-refractivity contribution in [2.45, 2.75) is 13.0 Å². The largest absolute Gasteiger partial charge is 0.493 e. The molecule has 0 aliphatic heterocycles. The van der Waals surface area contributed by atoms with Crippen LogP contribution in [0.5, 0.6) is 5.75 Å². The molecule has 0 aliphatic carbocycles. The maximum absolute atomic E-state index is 12.4. The van der Waals surface area contributed by atoms with Gasteiger partial charge in [0.15, 0.2) is 0 Å². The number of hydrogen-bond acceptors (Lipinski definition) is 3. The summed E-state index contributed by atoms with van der Waals surface area (Å²) in [5.74, 6) is 0.739. The fraction of sp³-hybridized carbons (Fsp3) is 0.167. The smallest absolute Gasteiger partial charge is 0.258 e. The van der Waals surface area contributed by atoms with E-state index < -0.39 is 0 Å². The average molecular weight is 329 g/mol. The lowest BCUT2D eigenvalue weighted by atomic mass is 10.2. The van der Waals surface area contributed by atoms with E-state index >= 15 is 0 Å². The molecule has 4 nitrogen and oxygen atoms in total. The van der Waals surface area contributed by atoms with Gasteiger partial charge in [-0.15, -0.1) is 0 Å². The summed E-state index contributed by atoms with van der Waals surface area (Å²) in [7, 11) is 0. The van der Waals surface area contributed by atoms with Crippen LogP contribution in [0.1, 0.15) is 6.42 Å². The van der Waals surface area contributed by atoms with Crippen molar-refractivity contribution in [3.63, 3.8) is 0 Å². The number of benzene rings is 2. The van der Waals surface area contributed by atoms with Crippen LogP contribution in [0.4, 0.5) is 5.69 Å². The minimum Gasteiger partial charge on any atom is -0.493 e. The molecule has 0 saturated carbocycles. The van der Waals surface area contributed by atoms with Crippen molar-refractivity contribution in [1.29, 1.82) is 0 Å². The highest BCUT2D eigenvalue weighted by Gasteiger charge is 2.03. The third-order valence-corrected chi connectivity index (χ3v) is 3.85. The summed E-state index contributed by atoms with van der Waals surface area (Å²) in [5.41, 5.74) is 6.34. The Hall–Kier alpha value is -2.46. The van der Waals surface area contributed by atoms with E-state index in [2.05, 4.69) is 0 Å². The van der Waals surface area contributed by atoms with E-state index in [0.29, 0.717) is 29.2 Å². The van der Waals surface area contributed by atoms with Crippen molar-refractivity contribution in [1.82, 2.24) is 4.57 Å². The maximum atomic E-state index is 12.4. The second-order valence-electron chi connectivity index (χ2n) is 5.32. The van der Waals surface area contributed by atoms with Gasteiger partial charge in [0.2, 0.25) is 0 Å². The molecule has 3 aromatic rings. The number of fused-ring (bicyclic) bond motifs is 1. The maximum Gasteiger partial charge on any atom is 0.258 e. The normalized spacial score (nSPS) is 10.8. The van der Waals surface area contributed by atoms with Gasteiger partial charge in [0.1, 0.15) is 5.75 Å². The number of aryl methyl sites for hydroxylation is 1. The van der Waals surface area contributed by atoms with Gasteiger partial charge in [0.25, 0.3) is 5.56 Å². The highest BCUT2D eigenvalue weighted by Crippen LogP contribution is 2.16. The molecule has 5 heteroatoms. The summed E-state index contributed by atoms with van der Waals surface area (Å²) >= 11 is 5.97. The van der Waals surface area contributed by atoms with Gasteiger partial charge in [-0.1, -0.05) is 23.7 Å². The first-order chi connectivity index (χ1) is 11.1. The van der Waals surface area contributed by atoms with E-state index in [9.17, 15) is 4.79 Å². The number of aromatic nitrogens is 1. The molecule has 2 aromatic carbocycles. The molecule has 0 aliphatic rings. The number of pyridine rings is 1. The lowest BCUT2D eigenvalue weighted by Gasteiger charge is -2.09. The Labute approximate surface area is 139 Å². The number of nitrogens with zero attached hydrogens (tertiary/aromatic N) is 1. The Kier molecular flexibility index (Phi) is 4.53. The lowest BCUT2D eigenvalue weighted by Crippen LogP contribution is -2.20. The molecular weight excluding hydrogens is 312 g/mol. The van der Waals surface area contributed by atoms with E-state index in [1.807, 2.05) is 30.3 Å². The molecule has 0 saturated heterocycles. The van der Waals surface area contributed by atoms with Crippen molar-refractivity contribution in [2.75, 3.05) is 12.3 Å². The molecule has 0 fully saturated rings. The van der Waals surface area contributed by atoms with Gasteiger partial charge in [0, 0.05) is 34.9 Å². The Bertz CT molecular complexity index is 890. The van der Waals surface area contributed by atoms with Crippen LogP contribution >= 0.6 is 11.6 Å². The van der Waals surface area contributed by atoms with Gasteiger partial charge in [-0.2, -0.15) is 0 Å². The second kappa shape index (κ2) is 6.75. The predicted molar refractivity (Wildman–Crippen MR) is 94.2 cm³/mol. The monoisotopic (exact) mass is 328 g/mol. The molecule has 0 amide bonds. The molecular formula is C18H17ClN2O2. The molecule has 0 spiro atoms. The number of nitrogens with two attached hydrogens (primary N) is 1. The number of halogens is 1. The van der Waals surface area contributed by atoms with Crippen LogP contribution < -0.4 is 16.0 Å². The number of nitrogen functional groups attached to an aromatic ring is 1. The fourth-order valence-electron chi connectivity index (χ4n) is 2.46. The first-order valence-corrected chi connectivity index (χ1v) is 7.78. The van der Waals surface area contributed by atoms with E-state index in [1.54, 1.807) is 29.0 Å². The number of rotatable bonds is 5. The molecule has 2 N–H and O–H groups in total. The SMILES string of the molecule is Nc1cccc(OCCCn2ccc3ccc(Cl)cc3c2=O)c1. The minimum atomic E-state index is -0.0334. The zero-order valence-electron chi connectivity index (χ0n) is 12.5. The van der Waals surface area contributed by atoms with Crippen LogP contribution in [-0.2, 0) is 6.54 Å². The third-order valence-electron chi connectivity index (χ3n) is 3.61. The van der Waals surface area contributed by atoms with Crippen LogP contribution in [0.25, 0.3) is 10.8 Å². The highest BCUT2D eigenvalue weighted by atomic mass is 35.5. The van der Waals surface area contributed by atoms with E-state index in [-0.39, 0.29) is 5.56 Å². The standard InChI is InChI=1S/C18H17ClN2O2/c19-14-6-5-13-7-9-21(18(22)17(13)11-14)8-2-10-23-16-4-1-3-15(20)12-16/h1,3-7,9,11-12H,2,8,10,20H2. The molecule has 0 atom stereocenters. The van der Waals surface area contributed by atoms with E-state index in [0.717, 1.165) is 17.6 Å². The molecule has 3 rings (SSSR count). The van der Waals surface area contributed by atoms with Crippen LogP contribution in [0.3, 0.4) is 0 Å². The number of anilines is 1. The second-order valence-corrected chi connectivity index (χ2v) is 5.76. The van der Waals surface area contributed by atoms with E-state index in [4.69, 9.17) is 22.1 Å². The number of ether oxygens (including phenoxy) is 1. The minimum absolute atomic E-state index is 0.0334. The van der Waals surface area contributed by atoms with Crippen molar-refractivity contribution in [2.24, 2.45) is 0 Å². The van der Waals surface area contributed by atoms with E-state index in [1.165, 1.54) is 0 Å². The zero-order chi connectivity index (χ0) is 16.2. The molecule has 1 heterocycles. The molecule has 0 bridgehead atoms. The molecule has 0 radical (unpaired) electrons. The Morgan fingerprint density at radius 1 is 1.13 bits per heavy atom. The predicted octanol–water partition coefficient (Wildman–Crippen LogP) is 3.71. The van der Waals surface area contributed by atoms with Gasteiger partial charge in [-0.05, 0) is 42.1 Å². The summed E-state index contributed by atoms with van der Waals surface area (Å²) in [6, 6.07) is 14.6. The summed E-state index contributed by atoms with van der Waals surface area (Å²) in [4.78, 5) is 12.4. The first kappa shape index (κ1) is 15.4. The highest BCUT2D eigenvalue weighted by molar-refractivity contribution is 6.31. The van der Waals surface area contributed by atoms with Crippen molar-refractivity contribution in [3.8, 4) is 5.75 Å². The van der Waals surface area contributed by atoms with Crippen LogP contribution in [-0.4, -0.2) is 11.2 Å². The molecule has 23 heavy (non-hydrogen) atoms. The average Bonchev–Trinajstić information content (AvgIpc) is 2.54. The zero-order valence-corrected chi connectivity index (χ0v) is 13.3. The Morgan fingerprint density at radius 3 is 2.83 bits per heavy atom. The number of hydrogen-bond donors (Lipinski definition) is 1. The van der Waals surface area contributed by atoms with Crippen molar-refractivity contribution in [3.05, 3.63) is 70.1 Å². The quantitative estimate of drug-likeness (QED) is 0.574. The summed E-state index contributed by atoms with van der Waals surface area (Å²) in [5, 5.41) is 2.10. The van der Waals surface area contributed by atoms with Gasteiger partial charge in [0.05, 0.1) is 6.61 Å². The van der Waals surface area contributed by atoms with Crippen LogP contribution in [0.2, 0.25) is 5.02 Å².